The Morgan fingerprint density at radius 1 is 0.692 bits per heavy atom. The fourth-order valence-corrected chi connectivity index (χ4v) is 2.29. The van der Waals surface area contributed by atoms with Crippen LogP contribution in [0.25, 0.3) is 0 Å². The second-order valence-electron chi connectivity index (χ2n) is 5.55. The molecule has 3 aromatic rings. The maximum atomic E-state index is 12.2. The molecule has 2 N–H and O–H groups in total. The molecule has 2 amide bonds. The van der Waals surface area contributed by atoms with Crippen molar-refractivity contribution >= 4 is 23.2 Å². The summed E-state index contributed by atoms with van der Waals surface area (Å²) in [6.07, 6.45) is 0. The van der Waals surface area contributed by atoms with Crippen molar-refractivity contribution in [3.05, 3.63) is 90.5 Å². The van der Waals surface area contributed by atoms with Crippen LogP contribution in [-0.4, -0.2) is 18.4 Å². The highest BCUT2D eigenvalue weighted by atomic mass is 16.5. The van der Waals surface area contributed by atoms with Crippen LogP contribution in [0.5, 0.6) is 5.75 Å². The lowest BCUT2D eigenvalue weighted by Gasteiger charge is -2.09. The quantitative estimate of drug-likeness (QED) is 0.710. The maximum Gasteiger partial charge on any atom is 0.262 e. The SMILES string of the molecule is O=C(COc1ccc(C(=O)Nc2ccccc2)cc1)Nc1ccccc1. The Morgan fingerprint density at radius 2 is 1.23 bits per heavy atom. The Bertz CT molecular complexity index is 863. The van der Waals surface area contributed by atoms with Crippen LogP contribution in [0.2, 0.25) is 0 Å². The van der Waals surface area contributed by atoms with Crippen LogP contribution in [0.4, 0.5) is 11.4 Å². The third kappa shape index (κ3) is 4.95. The number of benzene rings is 3. The highest BCUT2D eigenvalue weighted by Crippen LogP contribution is 2.14. The van der Waals surface area contributed by atoms with Gasteiger partial charge in [0.2, 0.25) is 0 Å². The minimum absolute atomic E-state index is 0.107. The van der Waals surface area contributed by atoms with E-state index in [9.17, 15) is 9.59 Å². The van der Waals surface area contributed by atoms with Crippen LogP contribution in [0.3, 0.4) is 0 Å². The molecule has 0 aromatic heterocycles. The van der Waals surface area contributed by atoms with Crippen molar-refractivity contribution < 1.29 is 14.3 Å². The fourth-order valence-electron chi connectivity index (χ4n) is 2.29. The van der Waals surface area contributed by atoms with Crippen LogP contribution in [0, 0.1) is 0 Å². The first-order chi connectivity index (χ1) is 12.7. The molecule has 0 heterocycles. The van der Waals surface area contributed by atoms with Gasteiger partial charge >= 0.3 is 0 Å². The molecular formula is C21H18N2O3. The second kappa shape index (κ2) is 8.48. The van der Waals surface area contributed by atoms with E-state index in [1.165, 1.54) is 0 Å². The first-order valence-corrected chi connectivity index (χ1v) is 8.15. The monoisotopic (exact) mass is 346 g/mol. The lowest BCUT2D eigenvalue weighted by atomic mass is 10.2. The van der Waals surface area contributed by atoms with Crippen LogP contribution in [0.15, 0.2) is 84.9 Å². The van der Waals surface area contributed by atoms with Gasteiger partial charge in [0.05, 0.1) is 0 Å². The van der Waals surface area contributed by atoms with Crippen molar-refractivity contribution in [1.82, 2.24) is 0 Å². The first-order valence-electron chi connectivity index (χ1n) is 8.15. The molecular weight excluding hydrogens is 328 g/mol. The summed E-state index contributed by atoms with van der Waals surface area (Å²) in [5, 5.41) is 5.55. The zero-order chi connectivity index (χ0) is 18.2. The molecule has 0 aliphatic carbocycles. The molecule has 0 fully saturated rings. The summed E-state index contributed by atoms with van der Waals surface area (Å²) in [5.41, 5.74) is 1.96. The van der Waals surface area contributed by atoms with E-state index >= 15 is 0 Å². The molecule has 130 valence electrons. The molecule has 0 atom stereocenters. The fraction of sp³-hybridized carbons (Fsp3) is 0.0476. The summed E-state index contributed by atoms with van der Waals surface area (Å²) >= 11 is 0. The average Bonchev–Trinajstić information content (AvgIpc) is 2.68. The smallest absolute Gasteiger partial charge is 0.262 e. The molecule has 5 nitrogen and oxygen atoms in total. The third-order valence-electron chi connectivity index (χ3n) is 3.58. The summed E-state index contributed by atoms with van der Waals surface area (Å²) in [6.45, 7) is -0.107. The standard InChI is InChI=1S/C21H18N2O3/c24-20(22-17-7-3-1-4-8-17)15-26-19-13-11-16(12-14-19)21(25)23-18-9-5-2-6-10-18/h1-14H,15H2,(H,22,24)(H,23,25). The van der Waals surface area contributed by atoms with Crippen LogP contribution in [-0.2, 0) is 4.79 Å². The van der Waals surface area contributed by atoms with Gasteiger partial charge in [-0.15, -0.1) is 0 Å². The predicted octanol–water partition coefficient (Wildman–Crippen LogP) is 3.96. The Labute approximate surface area is 151 Å². The van der Waals surface area contributed by atoms with E-state index in [4.69, 9.17) is 4.74 Å². The van der Waals surface area contributed by atoms with E-state index in [0.29, 0.717) is 17.0 Å². The van der Waals surface area contributed by atoms with E-state index in [-0.39, 0.29) is 18.4 Å². The number of hydrogen-bond donors (Lipinski definition) is 2. The minimum Gasteiger partial charge on any atom is -0.484 e. The van der Waals surface area contributed by atoms with Crippen molar-refractivity contribution in [2.24, 2.45) is 0 Å². The Kier molecular flexibility index (Phi) is 5.62. The van der Waals surface area contributed by atoms with Gasteiger partial charge in [0.15, 0.2) is 6.61 Å². The number of hydrogen-bond acceptors (Lipinski definition) is 3. The third-order valence-corrected chi connectivity index (χ3v) is 3.58. The molecule has 0 spiro atoms. The van der Waals surface area contributed by atoms with E-state index in [0.717, 1.165) is 5.69 Å². The summed E-state index contributed by atoms with van der Waals surface area (Å²) in [5.74, 6) is 0.0659. The lowest BCUT2D eigenvalue weighted by molar-refractivity contribution is -0.118. The first kappa shape index (κ1) is 17.2. The van der Waals surface area contributed by atoms with Crippen molar-refractivity contribution in [1.29, 1.82) is 0 Å². The number of carbonyl (C=O) groups excluding carboxylic acids is 2. The molecule has 26 heavy (non-hydrogen) atoms. The summed E-state index contributed by atoms with van der Waals surface area (Å²) in [6, 6.07) is 25.0. The van der Waals surface area contributed by atoms with Gasteiger partial charge in [-0.3, -0.25) is 9.59 Å². The van der Waals surface area contributed by atoms with Crippen molar-refractivity contribution in [2.45, 2.75) is 0 Å². The molecule has 3 rings (SSSR count). The zero-order valence-corrected chi connectivity index (χ0v) is 14.0. The highest BCUT2D eigenvalue weighted by molar-refractivity contribution is 6.04. The van der Waals surface area contributed by atoms with Gasteiger partial charge in [-0.25, -0.2) is 0 Å². The van der Waals surface area contributed by atoms with E-state index in [1.54, 1.807) is 36.4 Å². The Morgan fingerprint density at radius 3 is 1.81 bits per heavy atom. The number of para-hydroxylation sites is 2. The van der Waals surface area contributed by atoms with Crippen LogP contribution >= 0.6 is 0 Å². The second-order valence-corrected chi connectivity index (χ2v) is 5.55. The normalized spacial score (nSPS) is 10.0. The van der Waals surface area contributed by atoms with Crippen molar-refractivity contribution in [3.63, 3.8) is 0 Å². The molecule has 5 heteroatoms. The molecule has 0 aliphatic rings. The van der Waals surface area contributed by atoms with E-state index in [2.05, 4.69) is 10.6 Å². The van der Waals surface area contributed by atoms with Gasteiger partial charge < -0.3 is 15.4 Å². The van der Waals surface area contributed by atoms with Crippen LogP contribution < -0.4 is 15.4 Å². The summed E-state index contributed by atoms with van der Waals surface area (Å²) in [7, 11) is 0. The topological polar surface area (TPSA) is 67.4 Å². The Hall–Kier alpha value is -3.60. The van der Waals surface area contributed by atoms with E-state index in [1.807, 2.05) is 48.5 Å². The predicted molar refractivity (Wildman–Crippen MR) is 101 cm³/mol. The molecule has 0 saturated heterocycles. The van der Waals surface area contributed by atoms with Gasteiger partial charge in [-0.1, -0.05) is 36.4 Å². The molecule has 3 aromatic carbocycles. The Balaban J connectivity index is 1.51. The average molecular weight is 346 g/mol. The maximum absolute atomic E-state index is 12.2. The molecule has 0 saturated carbocycles. The van der Waals surface area contributed by atoms with Gasteiger partial charge in [0, 0.05) is 16.9 Å². The number of anilines is 2. The minimum atomic E-state index is -0.248. The molecule has 0 aliphatic heterocycles. The molecule has 0 radical (unpaired) electrons. The van der Waals surface area contributed by atoms with Crippen molar-refractivity contribution in [2.75, 3.05) is 17.2 Å². The summed E-state index contributed by atoms with van der Waals surface area (Å²) < 4.78 is 5.45. The largest absolute Gasteiger partial charge is 0.484 e. The number of nitrogens with one attached hydrogen (secondary N) is 2. The highest BCUT2D eigenvalue weighted by Gasteiger charge is 2.07. The number of ether oxygens (including phenoxy) is 1. The van der Waals surface area contributed by atoms with Gasteiger partial charge in [0.25, 0.3) is 11.8 Å². The zero-order valence-electron chi connectivity index (χ0n) is 14.0. The number of amides is 2. The van der Waals surface area contributed by atoms with E-state index < -0.39 is 0 Å². The van der Waals surface area contributed by atoms with Crippen molar-refractivity contribution in [3.8, 4) is 5.75 Å². The van der Waals surface area contributed by atoms with Gasteiger partial charge in [0.1, 0.15) is 5.75 Å². The lowest BCUT2D eigenvalue weighted by Crippen LogP contribution is -2.20. The van der Waals surface area contributed by atoms with Crippen LogP contribution in [0.1, 0.15) is 10.4 Å². The summed E-state index contributed by atoms with van der Waals surface area (Å²) in [4.78, 5) is 24.0. The number of rotatable bonds is 6. The van der Waals surface area contributed by atoms with Gasteiger partial charge in [-0.05, 0) is 48.5 Å². The number of carbonyl (C=O) groups is 2. The molecule has 0 bridgehead atoms. The molecule has 0 unspecified atom stereocenters. The van der Waals surface area contributed by atoms with Gasteiger partial charge in [-0.2, -0.15) is 0 Å².